The molecule has 0 unspecified atom stereocenters. The van der Waals surface area contributed by atoms with E-state index in [2.05, 4.69) is 5.32 Å². The van der Waals surface area contributed by atoms with Crippen LogP contribution in [-0.4, -0.2) is 47.4 Å². The van der Waals surface area contributed by atoms with Crippen molar-refractivity contribution in [2.45, 2.75) is 57.7 Å². The molecule has 9 nitrogen and oxygen atoms in total. The third-order valence-corrected chi connectivity index (χ3v) is 5.99. The van der Waals surface area contributed by atoms with E-state index >= 15 is 0 Å². The van der Waals surface area contributed by atoms with Crippen LogP contribution in [0.4, 0.5) is 5.69 Å². The Balaban J connectivity index is 1.75. The average Bonchev–Trinajstić information content (AvgIpc) is 3.35. The number of nitro groups is 1. The van der Waals surface area contributed by atoms with Crippen molar-refractivity contribution < 1.29 is 24.0 Å². The van der Waals surface area contributed by atoms with E-state index in [9.17, 15) is 19.7 Å². The molecule has 1 saturated carbocycles. The van der Waals surface area contributed by atoms with Crippen molar-refractivity contribution in [1.82, 2.24) is 10.2 Å². The number of carbonyl (C=O) groups excluding carboxylic acids is 2. The first-order chi connectivity index (χ1) is 16.4. The quantitative estimate of drug-likeness (QED) is 0.395. The van der Waals surface area contributed by atoms with Crippen LogP contribution in [0.15, 0.2) is 48.5 Å². The van der Waals surface area contributed by atoms with Gasteiger partial charge in [-0.2, -0.15) is 0 Å². The molecule has 2 amide bonds. The average molecular weight is 470 g/mol. The first kappa shape index (κ1) is 25.0. The van der Waals surface area contributed by atoms with Crippen LogP contribution in [0.25, 0.3) is 0 Å². The molecular weight excluding hydrogens is 438 g/mol. The van der Waals surface area contributed by atoms with Gasteiger partial charge in [-0.15, -0.1) is 0 Å². The molecule has 1 fully saturated rings. The maximum Gasteiger partial charge on any atom is 0.311 e. The number of benzene rings is 2. The monoisotopic (exact) mass is 469 g/mol. The van der Waals surface area contributed by atoms with E-state index in [1.54, 1.807) is 4.90 Å². The van der Waals surface area contributed by atoms with Gasteiger partial charge in [0.2, 0.25) is 11.7 Å². The molecular formula is C25H31N3O6. The molecule has 0 heterocycles. The molecule has 0 spiro atoms. The Morgan fingerprint density at radius 1 is 1.18 bits per heavy atom. The lowest BCUT2D eigenvalue weighted by Gasteiger charge is -2.31. The number of methoxy groups -OCH3 is 1. The molecule has 1 aliphatic carbocycles. The lowest BCUT2D eigenvalue weighted by molar-refractivity contribution is -0.385. The van der Waals surface area contributed by atoms with Crippen LogP contribution in [0, 0.1) is 10.1 Å². The zero-order valence-corrected chi connectivity index (χ0v) is 19.6. The number of hydrogen-bond acceptors (Lipinski definition) is 6. The minimum atomic E-state index is -0.636. The molecule has 34 heavy (non-hydrogen) atoms. The van der Waals surface area contributed by atoms with Crippen molar-refractivity contribution in [2.24, 2.45) is 0 Å². The summed E-state index contributed by atoms with van der Waals surface area (Å²) in [7, 11) is 1.33. The minimum Gasteiger partial charge on any atom is -0.490 e. The number of carbonyl (C=O) groups is 2. The Bertz CT molecular complexity index is 991. The largest absolute Gasteiger partial charge is 0.490 e. The van der Waals surface area contributed by atoms with Crippen LogP contribution in [0.1, 0.15) is 44.6 Å². The van der Waals surface area contributed by atoms with Gasteiger partial charge >= 0.3 is 5.69 Å². The predicted octanol–water partition coefficient (Wildman–Crippen LogP) is 3.85. The number of nitrogens with one attached hydrogen (secondary N) is 1. The van der Waals surface area contributed by atoms with Gasteiger partial charge in [-0.1, -0.05) is 50.1 Å². The molecule has 9 heteroatoms. The van der Waals surface area contributed by atoms with Gasteiger partial charge in [0.05, 0.1) is 12.0 Å². The van der Waals surface area contributed by atoms with Crippen LogP contribution in [0.2, 0.25) is 0 Å². The van der Waals surface area contributed by atoms with Crippen LogP contribution < -0.4 is 14.8 Å². The van der Waals surface area contributed by atoms with Gasteiger partial charge in [-0.25, -0.2) is 0 Å². The molecule has 1 atom stereocenters. The molecule has 2 aromatic carbocycles. The third kappa shape index (κ3) is 6.46. The van der Waals surface area contributed by atoms with E-state index in [0.29, 0.717) is 6.42 Å². The van der Waals surface area contributed by atoms with E-state index < -0.39 is 11.0 Å². The van der Waals surface area contributed by atoms with Gasteiger partial charge in [0.1, 0.15) is 11.8 Å². The molecule has 182 valence electrons. The standard InChI is InChI=1S/C25H31N3O6/c1-3-21(25(30)26-19-11-7-8-12-19)27(16-18-9-5-4-6-10-18)24(29)17-34-20-13-14-22(28(31)32)23(15-20)33-2/h4-6,9-10,13-15,19,21H,3,7-8,11-12,16-17H2,1-2H3,(H,26,30)/t21-/m1/s1. The summed E-state index contributed by atoms with van der Waals surface area (Å²) in [5.41, 5.74) is 0.710. The first-order valence-corrected chi connectivity index (χ1v) is 11.5. The van der Waals surface area contributed by atoms with Crippen molar-refractivity contribution in [3.63, 3.8) is 0 Å². The number of nitro benzene ring substituents is 1. The summed E-state index contributed by atoms with van der Waals surface area (Å²) in [4.78, 5) is 38.5. The van der Waals surface area contributed by atoms with Gasteiger partial charge in [0.25, 0.3) is 5.91 Å². The Hall–Kier alpha value is -3.62. The number of nitrogens with zero attached hydrogens (tertiary/aromatic N) is 2. The fourth-order valence-electron chi connectivity index (χ4n) is 4.19. The highest BCUT2D eigenvalue weighted by Gasteiger charge is 2.31. The summed E-state index contributed by atoms with van der Waals surface area (Å²) in [6.45, 7) is 1.83. The number of amides is 2. The van der Waals surface area contributed by atoms with E-state index in [1.165, 1.54) is 25.3 Å². The zero-order valence-electron chi connectivity index (χ0n) is 19.6. The summed E-state index contributed by atoms with van der Waals surface area (Å²) in [6.07, 6.45) is 4.57. The summed E-state index contributed by atoms with van der Waals surface area (Å²) >= 11 is 0. The second kappa shape index (κ2) is 12.0. The predicted molar refractivity (Wildman–Crippen MR) is 127 cm³/mol. The maximum absolute atomic E-state index is 13.3. The molecule has 0 bridgehead atoms. The van der Waals surface area contributed by atoms with Crippen molar-refractivity contribution in [3.8, 4) is 11.5 Å². The molecule has 0 radical (unpaired) electrons. The summed E-state index contributed by atoms with van der Waals surface area (Å²) < 4.78 is 10.7. The summed E-state index contributed by atoms with van der Waals surface area (Å²) in [5, 5.41) is 14.2. The Morgan fingerprint density at radius 2 is 1.88 bits per heavy atom. The smallest absolute Gasteiger partial charge is 0.311 e. The second-order valence-electron chi connectivity index (χ2n) is 8.30. The molecule has 0 saturated heterocycles. The SMILES string of the molecule is CC[C@H](C(=O)NC1CCCC1)N(Cc1ccccc1)C(=O)COc1ccc([N+](=O)[O-])c(OC)c1. The molecule has 1 aliphatic rings. The highest BCUT2D eigenvalue weighted by molar-refractivity contribution is 5.88. The maximum atomic E-state index is 13.3. The molecule has 0 aliphatic heterocycles. The fraction of sp³-hybridized carbons (Fsp3) is 0.440. The van der Waals surface area contributed by atoms with E-state index in [-0.39, 0.29) is 48.2 Å². The van der Waals surface area contributed by atoms with Crippen molar-refractivity contribution in [2.75, 3.05) is 13.7 Å². The number of hydrogen-bond donors (Lipinski definition) is 1. The van der Waals surface area contributed by atoms with Crippen LogP contribution >= 0.6 is 0 Å². The lowest BCUT2D eigenvalue weighted by atomic mass is 10.1. The van der Waals surface area contributed by atoms with Crippen LogP contribution in [-0.2, 0) is 16.1 Å². The number of rotatable bonds is 11. The zero-order chi connectivity index (χ0) is 24.5. The van der Waals surface area contributed by atoms with Gasteiger partial charge in [0, 0.05) is 24.7 Å². The van der Waals surface area contributed by atoms with Gasteiger partial charge in [-0.3, -0.25) is 19.7 Å². The van der Waals surface area contributed by atoms with Gasteiger partial charge in [0.15, 0.2) is 6.61 Å². The third-order valence-electron chi connectivity index (χ3n) is 5.99. The van der Waals surface area contributed by atoms with Crippen LogP contribution in [0.5, 0.6) is 11.5 Å². The molecule has 3 rings (SSSR count). The Labute approximate surface area is 199 Å². The Kier molecular flexibility index (Phi) is 8.84. The van der Waals surface area contributed by atoms with E-state index in [4.69, 9.17) is 9.47 Å². The van der Waals surface area contributed by atoms with E-state index in [0.717, 1.165) is 31.2 Å². The van der Waals surface area contributed by atoms with E-state index in [1.807, 2.05) is 37.3 Å². The van der Waals surface area contributed by atoms with Gasteiger partial charge < -0.3 is 19.7 Å². The minimum absolute atomic E-state index is 0.0402. The Morgan fingerprint density at radius 3 is 2.50 bits per heavy atom. The highest BCUT2D eigenvalue weighted by Crippen LogP contribution is 2.30. The number of ether oxygens (including phenoxy) is 2. The topological polar surface area (TPSA) is 111 Å². The summed E-state index contributed by atoms with van der Waals surface area (Å²) in [6, 6.07) is 13.1. The second-order valence-corrected chi connectivity index (χ2v) is 8.30. The normalized spacial score (nSPS) is 14.3. The first-order valence-electron chi connectivity index (χ1n) is 11.5. The lowest BCUT2D eigenvalue weighted by Crippen LogP contribution is -2.52. The highest BCUT2D eigenvalue weighted by atomic mass is 16.6. The molecule has 1 N–H and O–H groups in total. The van der Waals surface area contributed by atoms with Gasteiger partial charge in [-0.05, 0) is 30.9 Å². The van der Waals surface area contributed by atoms with Crippen molar-refractivity contribution in [1.29, 1.82) is 0 Å². The van der Waals surface area contributed by atoms with Crippen LogP contribution in [0.3, 0.4) is 0 Å². The van der Waals surface area contributed by atoms with Crippen molar-refractivity contribution in [3.05, 3.63) is 64.2 Å². The summed E-state index contributed by atoms with van der Waals surface area (Å²) in [5.74, 6) is -0.206. The molecule has 0 aromatic heterocycles. The fourth-order valence-corrected chi connectivity index (χ4v) is 4.19. The molecule has 2 aromatic rings. The van der Waals surface area contributed by atoms with Crippen molar-refractivity contribution >= 4 is 17.5 Å².